The fourth-order valence-corrected chi connectivity index (χ4v) is 2.79. The first-order valence-corrected chi connectivity index (χ1v) is 6.61. The van der Waals surface area contributed by atoms with E-state index in [-0.39, 0.29) is 18.2 Å². The Balaban J connectivity index is 1.79. The first kappa shape index (κ1) is 12.7. The molecule has 2 heterocycles. The second-order valence-corrected chi connectivity index (χ2v) is 5.34. The van der Waals surface area contributed by atoms with E-state index in [9.17, 15) is 9.59 Å². The van der Waals surface area contributed by atoms with Crippen LogP contribution in [-0.4, -0.2) is 39.5 Å². The molecule has 3 rings (SSSR count). The highest BCUT2D eigenvalue weighted by molar-refractivity contribution is 6.07. The lowest BCUT2D eigenvalue weighted by molar-refractivity contribution is -0.139. The fraction of sp³-hybridized carbons (Fsp3) is 0.333. The topological polar surface area (TPSA) is 62.5 Å². The number of para-hydroxylation sites is 1. The number of carbonyl (C=O) groups is 2. The SMILES string of the molecule is Cn1cc(C(=O)N2CC(CC(=O)O)C2)c2ccccc21. The highest BCUT2D eigenvalue weighted by Gasteiger charge is 2.33. The van der Waals surface area contributed by atoms with Gasteiger partial charge >= 0.3 is 5.97 Å². The molecular formula is C15H16N2O3. The van der Waals surface area contributed by atoms with E-state index < -0.39 is 5.97 Å². The Morgan fingerprint density at radius 2 is 2.00 bits per heavy atom. The molecule has 1 aliphatic heterocycles. The number of likely N-dealkylation sites (tertiary alicyclic amines) is 1. The highest BCUT2D eigenvalue weighted by atomic mass is 16.4. The van der Waals surface area contributed by atoms with Gasteiger partial charge in [0.05, 0.1) is 12.0 Å². The lowest BCUT2D eigenvalue weighted by atomic mass is 9.95. The Bertz CT molecular complexity index is 683. The van der Waals surface area contributed by atoms with Crippen molar-refractivity contribution in [3.8, 4) is 0 Å². The second kappa shape index (κ2) is 4.67. The molecule has 5 heteroatoms. The standard InChI is InChI=1S/C15H16N2O3/c1-16-9-12(11-4-2-3-5-13(11)16)15(20)17-7-10(8-17)6-14(18)19/h2-5,9-10H,6-8H2,1H3,(H,18,19). The normalized spacial score (nSPS) is 15.3. The Morgan fingerprint density at radius 3 is 2.70 bits per heavy atom. The zero-order valence-corrected chi connectivity index (χ0v) is 11.2. The molecule has 0 spiro atoms. The summed E-state index contributed by atoms with van der Waals surface area (Å²) in [6, 6.07) is 7.79. The van der Waals surface area contributed by atoms with Crippen LogP contribution in [0.2, 0.25) is 0 Å². The van der Waals surface area contributed by atoms with Gasteiger partial charge in [-0.05, 0) is 6.07 Å². The average molecular weight is 272 g/mol. The Morgan fingerprint density at radius 1 is 1.30 bits per heavy atom. The Kier molecular flexibility index (Phi) is 2.97. The van der Waals surface area contributed by atoms with Crippen LogP contribution in [0.3, 0.4) is 0 Å². The zero-order chi connectivity index (χ0) is 14.3. The van der Waals surface area contributed by atoms with Crippen molar-refractivity contribution in [2.75, 3.05) is 13.1 Å². The van der Waals surface area contributed by atoms with E-state index in [1.807, 2.05) is 42.1 Å². The van der Waals surface area contributed by atoms with Gasteiger partial charge in [-0.15, -0.1) is 0 Å². The smallest absolute Gasteiger partial charge is 0.303 e. The van der Waals surface area contributed by atoms with Crippen LogP contribution in [0.5, 0.6) is 0 Å². The minimum Gasteiger partial charge on any atom is -0.481 e. The molecule has 1 amide bonds. The summed E-state index contributed by atoms with van der Waals surface area (Å²) in [5.41, 5.74) is 1.72. The van der Waals surface area contributed by atoms with Gasteiger partial charge in [0.25, 0.3) is 5.91 Å². The summed E-state index contributed by atoms with van der Waals surface area (Å²) >= 11 is 0. The number of hydrogen-bond donors (Lipinski definition) is 1. The second-order valence-electron chi connectivity index (χ2n) is 5.34. The number of carboxylic acids is 1. The monoisotopic (exact) mass is 272 g/mol. The molecule has 2 aromatic rings. The van der Waals surface area contributed by atoms with E-state index in [0.29, 0.717) is 18.7 Å². The third-order valence-electron chi connectivity index (χ3n) is 3.84. The predicted octanol–water partition coefficient (Wildman–Crippen LogP) is 1.72. The van der Waals surface area contributed by atoms with Crippen LogP contribution in [0.15, 0.2) is 30.5 Å². The summed E-state index contributed by atoms with van der Waals surface area (Å²) < 4.78 is 1.94. The van der Waals surface area contributed by atoms with Gasteiger partial charge in [-0.1, -0.05) is 18.2 Å². The first-order valence-electron chi connectivity index (χ1n) is 6.61. The van der Waals surface area contributed by atoms with Gasteiger partial charge in [-0.3, -0.25) is 9.59 Å². The summed E-state index contributed by atoms with van der Waals surface area (Å²) in [7, 11) is 1.92. The van der Waals surface area contributed by atoms with Crippen molar-refractivity contribution in [3.63, 3.8) is 0 Å². The number of carbonyl (C=O) groups excluding carboxylic acids is 1. The molecule has 0 aliphatic carbocycles. The summed E-state index contributed by atoms with van der Waals surface area (Å²) in [6.07, 6.45) is 1.98. The van der Waals surface area contributed by atoms with Crippen LogP contribution in [0.4, 0.5) is 0 Å². The van der Waals surface area contributed by atoms with Crippen LogP contribution >= 0.6 is 0 Å². The number of amides is 1. The minimum absolute atomic E-state index is 0.0107. The van der Waals surface area contributed by atoms with E-state index in [2.05, 4.69) is 0 Å². The minimum atomic E-state index is -0.799. The van der Waals surface area contributed by atoms with E-state index in [0.717, 1.165) is 10.9 Å². The Hall–Kier alpha value is -2.30. The average Bonchev–Trinajstić information content (AvgIpc) is 2.71. The number of rotatable bonds is 3. The lowest BCUT2D eigenvalue weighted by Crippen LogP contribution is -2.50. The van der Waals surface area contributed by atoms with Gasteiger partial charge < -0.3 is 14.6 Å². The lowest BCUT2D eigenvalue weighted by Gasteiger charge is -2.38. The van der Waals surface area contributed by atoms with Crippen LogP contribution in [0, 0.1) is 5.92 Å². The number of hydrogen-bond acceptors (Lipinski definition) is 2. The maximum Gasteiger partial charge on any atom is 0.303 e. The molecule has 0 atom stereocenters. The van der Waals surface area contributed by atoms with Crippen LogP contribution in [0.25, 0.3) is 10.9 Å². The third kappa shape index (κ3) is 2.05. The molecule has 0 saturated carbocycles. The van der Waals surface area contributed by atoms with Gasteiger partial charge in [0.2, 0.25) is 0 Å². The Labute approximate surface area is 116 Å². The number of carboxylic acid groups (broad SMARTS) is 1. The van der Waals surface area contributed by atoms with E-state index in [4.69, 9.17) is 5.11 Å². The molecule has 0 unspecified atom stereocenters. The van der Waals surface area contributed by atoms with Gasteiger partial charge in [-0.25, -0.2) is 0 Å². The van der Waals surface area contributed by atoms with Crippen molar-refractivity contribution in [1.29, 1.82) is 0 Å². The first-order chi connectivity index (χ1) is 9.56. The van der Waals surface area contributed by atoms with Gasteiger partial charge in [0.15, 0.2) is 0 Å². The number of fused-ring (bicyclic) bond motifs is 1. The molecule has 1 N–H and O–H groups in total. The molecule has 0 radical (unpaired) electrons. The molecule has 1 aliphatic rings. The maximum absolute atomic E-state index is 12.5. The summed E-state index contributed by atoms with van der Waals surface area (Å²) in [5.74, 6) is -0.720. The van der Waals surface area contributed by atoms with Crippen LogP contribution in [0.1, 0.15) is 16.8 Å². The molecule has 0 bridgehead atoms. The molecule has 1 aromatic carbocycles. The van der Waals surface area contributed by atoms with E-state index >= 15 is 0 Å². The number of aromatic nitrogens is 1. The van der Waals surface area contributed by atoms with Crippen molar-refractivity contribution >= 4 is 22.8 Å². The van der Waals surface area contributed by atoms with E-state index in [1.165, 1.54) is 0 Å². The molecule has 1 aromatic heterocycles. The van der Waals surface area contributed by atoms with Crippen LogP contribution in [-0.2, 0) is 11.8 Å². The van der Waals surface area contributed by atoms with Gasteiger partial charge in [-0.2, -0.15) is 0 Å². The number of aliphatic carboxylic acids is 1. The molecule has 5 nitrogen and oxygen atoms in total. The fourth-order valence-electron chi connectivity index (χ4n) is 2.79. The highest BCUT2D eigenvalue weighted by Crippen LogP contribution is 2.26. The summed E-state index contributed by atoms with van der Waals surface area (Å²) in [4.78, 5) is 24.8. The van der Waals surface area contributed by atoms with Crippen molar-refractivity contribution < 1.29 is 14.7 Å². The van der Waals surface area contributed by atoms with E-state index in [1.54, 1.807) is 4.90 Å². The van der Waals surface area contributed by atoms with Gasteiger partial charge in [0.1, 0.15) is 0 Å². The molecule has 1 fully saturated rings. The number of nitrogens with zero attached hydrogens (tertiary/aromatic N) is 2. The number of aryl methyl sites for hydroxylation is 1. The zero-order valence-electron chi connectivity index (χ0n) is 11.2. The van der Waals surface area contributed by atoms with Crippen molar-refractivity contribution in [1.82, 2.24) is 9.47 Å². The third-order valence-corrected chi connectivity index (χ3v) is 3.84. The summed E-state index contributed by atoms with van der Waals surface area (Å²) in [6.45, 7) is 1.07. The quantitative estimate of drug-likeness (QED) is 0.925. The largest absolute Gasteiger partial charge is 0.481 e. The molecule has 20 heavy (non-hydrogen) atoms. The van der Waals surface area contributed by atoms with Crippen molar-refractivity contribution in [3.05, 3.63) is 36.0 Å². The predicted molar refractivity (Wildman–Crippen MR) is 74.6 cm³/mol. The number of benzene rings is 1. The van der Waals surface area contributed by atoms with Gasteiger partial charge in [0, 0.05) is 43.2 Å². The molecule has 104 valence electrons. The summed E-state index contributed by atoms with van der Waals surface area (Å²) in [5, 5.41) is 9.67. The van der Waals surface area contributed by atoms with Crippen molar-refractivity contribution in [2.24, 2.45) is 13.0 Å². The molecule has 1 saturated heterocycles. The van der Waals surface area contributed by atoms with Crippen LogP contribution < -0.4 is 0 Å². The molecular weight excluding hydrogens is 256 g/mol. The van der Waals surface area contributed by atoms with Crippen molar-refractivity contribution in [2.45, 2.75) is 6.42 Å². The maximum atomic E-state index is 12.5.